The van der Waals surface area contributed by atoms with Crippen molar-refractivity contribution in [3.63, 3.8) is 0 Å². The molecule has 4 N–H and O–H groups in total. The van der Waals surface area contributed by atoms with Gasteiger partial charge in [-0.15, -0.1) is 0 Å². The maximum atomic E-state index is 11.5. The lowest BCUT2D eigenvalue weighted by Crippen LogP contribution is -2.34. The smallest absolute Gasteiger partial charge is 0.407 e. The third kappa shape index (κ3) is 5.61. The van der Waals surface area contributed by atoms with E-state index in [1.54, 1.807) is 39.0 Å². The summed E-state index contributed by atoms with van der Waals surface area (Å²) in [4.78, 5) is 22.9. The van der Waals surface area contributed by atoms with E-state index in [1.165, 1.54) is 0 Å². The second-order valence-corrected chi connectivity index (χ2v) is 6.82. The molecule has 1 aromatic rings. The minimum Gasteiger partial charge on any atom is -0.482 e. The highest BCUT2D eigenvalue weighted by Crippen LogP contribution is 2.31. The molecule has 2 unspecified atom stereocenters. The molecule has 0 aromatic heterocycles. The summed E-state index contributed by atoms with van der Waals surface area (Å²) in [5.74, 6) is 0.234. The van der Waals surface area contributed by atoms with E-state index in [1.807, 2.05) is 0 Å². The van der Waals surface area contributed by atoms with Crippen LogP contribution in [0.4, 0.5) is 10.5 Å². The Balaban J connectivity index is 1.87. The predicted octanol–water partition coefficient (Wildman–Crippen LogP) is 1.33. The Bertz CT molecular complexity index is 641. The van der Waals surface area contributed by atoms with Gasteiger partial charge in [-0.05, 0) is 44.9 Å². The SMILES string of the molecule is CC(C)(C)OC(=O)NCCC(O)C(O)c1ccc2c(c1)NC(=O)CO2. The maximum Gasteiger partial charge on any atom is 0.407 e. The number of alkyl carbamates (subject to hydrolysis) is 1. The first-order valence-corrected chi connectivity index (χ1v) is 8.05. The highest BCUT2D eigenvalue weighted by Gasteiger charge is 2.23. The van der Waals surface area contributed by atoms with Gasteiger partial charge in [0.05, 0.1) is 11.8 Å². The zero-order valence-electron chi connectivity index (χ0n) is 14.5. The summed E-state index contributed by atoms with van der Waals surface area (Å²) in [6, 6.07) is 4.80. The number of aliphatic hydroxyl groups excluding tert-OH is 2. The number of carbonyl (C=O) groups excluding carboxylic acids is 2. The van der Waals surface area contributed by atoms with Crippen molar-refractivity contribution >= 4 is 17.7 Å². The number of anilines is 1. The van der Waals surface area contributed by atoms with Crippen molar-refractivity contribution < 1.29 is 29.3 Å². The van der Waals surface area contributed by atoms with E-state index in [9.17, 15) is 19.8 Å². The van der Waals surface area contributed by atoms with Gasteiger partial charge in [-0.3, -0.25) is 4.79 Å². The van der Waals surface area contributed by atoms with Crippen LogP contribution in [0, 0.1) is 0 Å². The molecule has 0 saturated heterocycles. The van der Waals surface area contributed by atoms with Crippen LogP contribution < -0.4 is 15.4 Å². The predicted molar refractivity (Wildman–Crippen MR) is 90.4 cm³/mol. The van der Waals surface area contributed by atoms with E-state index >= 15 is 0 Å². The van der Waals surface area contributed by atoms with Crippen LogP contribution in [0.1, 0.15) is 38.9 Å². The van der Waals surface area contributed by atoms with Gasteiger partial charge in [-0.1, -0.05) is 6.07 Å². The molecule has 0 bridgehead atoms. The molecule has 25 heavy (non-hydrogen) atoms. The molecule has 2 amide bonds. The lowest BCUT2D eigenvalue weighted by Gasteiger charge is -2.23. The molecule has 0 radical (unpaired) electrons. The number of ether oxygens (including phenoxy) is 2. The number of fused-ring (bicyclic) bond motifs is 1. The van der Waals surface area contributed by atoms with Crippen molar-refractivity contribution in [2.45, 2.75) is 45.0 Å². The molecule has 1 heterocycles. The van der Waals surface area contributed by atoms with E-state index < -0.39 is 23.9 Å². The molecule has 2 atom stereocenters. The maximum absolute atomic E-state index is 11.5. The van der Waals surface area contributed by atoms with Gasteiger partial charge in [0.15, 0.2) is 6.61 Å². The topological polar surface area (TPSA) is 117 Å². The molecule has 0 spiro atoms. The first-order valence-electron chi connectivity index (χ1n) is 8.05. The van der Waals surface area contributed by atoms with E-state index in [4.69, 9.17) is 9.47 Å². The Morgan fingerprint density at radius 2 is 2.12 bits per heavy atom. The van der Waals surface area contributed by atoms with Crippen molar-refractivity contribution in [2.24, 2.45) is 0 Å². The fourth-order valence-corrected chi connectivity index (χ4v) is 2.30. The number of rotatable bonds is 5. The number of benzene rings is 1. The number of aliphatic hydroxyl groups is 2. The van der Waals surface area contributed by atoms with Gasteiger partial charge in [0, 0.05) is 6.54 Å². The summed E-state index contributed by atoms with van der Waals surface area (Å²) in [5, 5.41) is 25.5. The zero-order valence-corrected chi connectivity index (χ0v) is 14.5. The van der Waals surface area contributed by atoms with Gasteiger partial charge in [-0.25, -0.2) is 4.79 Å². The average Bonchev–Trinajstić information content (AvgIpc) is 2.51. The van der Waals surface area contributed by atoms with Gasteiger partial charge in [0.25, 0.3) is 5.91 Å². The van der Waals surface area contributed by atoms with Crippen LogP contribution in [0.15, 0.2) is 18.2 Å². The van der Waals surface area contributed by atoms with Gasteiger partial charge in [0.1, 0.15) is 17.5 Å². The van der Waals surface area contributed by atoms with E-state index in [-0.39, 0.29) is 25.5 Å². The lowest BCUT2D eigenvalue weighted by molar-refractivity contribution is -0.118. The molecule has 2 rings (SSSR count). The van der Waals surface area contributed by atoms with Crippen molar-refractivity contribution in [2.75, 3.05) is 18.5 Å². The summed E-state index contributed by atoms with van der Waals surface area (Å²) in [7, 11) is 0. The minimum absolute atomic E-state index is 0.0478. The Hall–Kier alpha value is -2.32. The van der Waals surface area contributed by atoms with E-state index in [2.05, 4.69) is 10.6 Å². The highest BCUT2D eigenvalue weighted by atomic mass is 16.6. The van der Waals surface area contributed by atoms with Gasteiger partial charge < -0.3 is 30.3 Å². The molecule has 0 fully saturated rings. The van der Waals surface area contributed by atoms with Gasteiger partial charge in [-0.2, -0.15) is 0 Å². The van der Waals surface area contributed by atoms with Crippen molar-refractivity contribution in [3.05, 3.63) is 23.8 Å². The summed E-state index contributed by atoms with van der Waals surface area (Å²) < 4.78 is 10.3. The molecule has 0 saturated carbocycles. The van der Waals surface area contributed by atoms with Gasteiger partial charge in [0.2, 0.25) is 0 Å². The standard InChI is InChI=1S/C17H24N2O6/c1-17(2,3)25-16(23)18-7-6-12(20)15(22)10-4-5-13-11(8-10)19-14(21)9-24-13/h4-5,8,12,15,20,22H,6-7,9H2,1-3H3,(H,18,23)(H,19,21). The summed E-state index contributed by atoms with van der Waals surface area (Å²) >= 11 is 0. The monoisotopic (exact) mass is 352 g/mol. The molecular formula is C17H24N2O6. The van der Waals surface area contributed by atoms with E-state index in [0.29, 0.717) is 17.0 Å². The zero-order chi connectivity index (χ0) is 18.6. The molecule has 8 heteroatoms. The number of carbonyl (C=O) groups is 2. The molecule has 8 nitrogen and oxygen atoms in total. The van der Waals surface area contributed by atoms with Gasteiger partial charge >= 0.3 is 6.09 Å². The largest absolute Gasteiger partial charge is 0.482 e. The van der Waals surface area contributed by atoms with Crippen LogP contribution in [0.3, 0.4) is 0 Å². The Morgan fingerprint density at radius 3 is 2.80 bits per heavy atom. The summed E-state index contributed by atoms with van der Waals surface area (Å²) in [6.07, 6.45) is -2.69. The van der Waals surface area contributed by atoms with Crippen LogP contribution in [0.2, 0.25) is 0 Å². The molecular weight excluding hydrogens is 328 g/mol. The van der Waals surface area contributed by atoms with Crippen molar-refractivity contribution in [1.82, 2.24) is 5.32 Å². The molecule has 1 aromatic carbocycles. The van der Waals surface area contributed by atoms with Crippen molar-refractivity contribution in [3.8, 4) is 5.75 Å². The summed E-state index contributed by atoms with van der Waals surface area (Å²) in [6.45, 7) is 5.36. The minimum atomic E-state index is -1.16. The third-order valence-corrected chi connectivity index (χ3v) is 3.45. The number of hydrogen-bond acceptors (Lipinski definition) is 6. The van der Waals surface area contributed by atoms with E-state index in [0.717, 1.165) is 0 Å². The molecule has 1 aliphatic rings. The Morgan fingerprint density at radius 1 is 1.40 bits per heavy atom. The normalized spacial score (nSPS) is 16.1. The highest BCUT2D eigenvalue weighted by molar-refractivity contribution is 5.95. The Labute approximate surface area is 146 Å². The molecule has 138 valence electrons. The first-order chi connectivity index (χ1) is 11.7. The first kappa shape index (κ1) is 19.0. The van der Waals surface area contributed by atoms with Crippen molar-refractivity contribution in [1.29, 1.82) is 0 Å². The quantitative estimate of drug-likeness (QED) is 0.635. The second-order valence-electron chi connectivity index (χ2n) is 6.82. The second kappa shape index (κ2) is 7.71. The number of amides is 2. The number of nitrogens with one attached hydrogen (secondary N) is 2. The van der Waals surface area contributed by atoms with Crippen LogP contribution in [0.5, 0.6) is 5.75 Å². The van der Waals surface area contributed by atoms with Crippen LogP contribution >= 0.6 is 0 Å². The lowest BCUT2D eigenvalue weighted by atomic mass is 10.0. The van der Waals surface area contributed by atoms with Crippen LogP contribution in [-0.2, 0) is 9.53 Å². The summed E-state index contributed by atoms with van der Waals surface area (Å²) in [5.41, 5.74) is 0.291. The average molecular weight is 352 g/mol. The van der Waals surface area contributed by atoms with Crippen LogP contribution in [0.25, 0.3) is 0 Å². The molecule has 0 aliphatic carbocycles. The van der Waals surface area contributed by atoms with Crippen LogP contribution in [-0.4, -0.2) is 47.1 Å². The number of hydrogen-bond donors (Lipinski definition) is 4. The third-order valence-electron chi connectivity index (χ3n) is 3.45. The molecule has 1 aliphatic heterocycles. The fraction of sp³-hybridized carbons (Fsp3) is 0.529. The fourth-order valence-electron chi connectivity index (χ4n) is 2.30. The Kier molecular flexibility index (Phi) is 5.86.